The topological polar surface area (TPSA) is 32.3 Å². The third-order valence-electron chi connectivity index (χ3n) is 3.29. The van der Waals surface area contributed by atoms with Crippen LogP contribution in [0.3, 0.4) is 0 Å². The van der Waals surface area contributed by atoms with Gasteiger partial charge in [0.25, 0.3) is 0 Å². The fourth-order valence-corrected chi connectivity index (χ4v) is 2.94. The third-order valence-corrected chi connectivity index (χ3v) is 4.20. The van der Waals surface area contributed by atoms with Gasteiger partial charge in [0, 0.05) is 18.8 Å². The van der Waals surface area contributed by atoms with Gasteiger partial charge >= 0.3 is 0 Å². The first-order chi connectivity index (χ1) is 8.61. The Balaban J connectivity index is 1.81. The minimum absolute atomic E-state index is 0.618. The maximum Gasteiger partial charge on any atom is 0.0833 e. The Morgan fingerprint density at radius 3 is 2.89 bits per heavy atom. The average Bonchev–Trinajstić information content (AvgIpc) is 3.13. The van der Waals surface area contributed by atoms with Crippen LogP contribution in [0.5, 0.6) is 0 Å². The molecule has 0 spiro atoms. The van der Waals surface area contributed by atoms with E-state index in [4.69, 9.17) is 0 Å². The Bertz CT molecular complexity index is 388. The molecule has 100 valence electrons. The number of benzene rings is 1. The second-order valence-corrected chi connectivity index (χ2v) is 6.42. The predicted molar refractivity (Wildman–Crippen MR) is 79.1 cm³/mol. The molecule has 1 aliphatic rings. The standard InChI is InChI=1S/C15H23NOS/c1-15(17,11-18-2)10-16-9-12-4-3-5-14(8-12)13-6-7-13/h3-5,8,13,16-17H,6-7,9-11H2,1-2H3. The van der Waals surface area contributed by atoms with Crippen LogP contribution in [0.25, 0.3) is 0 Å². The van der Waals surface area contributed by atoms with Gasteiger partial charge in [-0.25, -0.2) is 0 Å². The fourth-order valence-electron chi connectivity index (χ4n) is 2.21. The van der Waals surface area contributed by atoms with Gasteiger partial charge in [0.2, 0.25) is 0 Å². The molecule has 1 aromatic rings. The zero-order valence-electron chi connectivity index (χ0n) is 11.3. The quantitative estimate of drug-likeness (QED) is 0.795. The molecule has 2 rings (SSSR count). The maximum atomic E-state index is 10.1. The van der Waals surface area contributed by atoms with E-state index in [1.54, 1.807) is 11.8 Å². The third kappa shape index (κ3) is 4.30. The van der Waals surface area contributed by atoms with Crippen LogP contribution in [-0.4, -0.2) is 29.3 Å². The lowest BCUT2D eigenvalue weighted by molar-refractivity contribution is 0.0846. The number of hydrogen-bond acceptors (Lipinski definition) is 3. The van der Waals surface area contributed by atoms with E-state index in [9.17, 15) is 5.11 Å². The molecule has 0 aliphatic heterocycles. The summed E-state index contributed by atoms with van der Waals surface area (Å²) in [7, 11) is 0. The van der Waals surface area contributed by atoms with E-state index >= 15 is 0 Å². The van der Waals surface area contributed by atoms with Crippen molar-refractivity contribution in [3.63, 3.8) is 0 Å². The zero-order valence-corrected chi connectivity index (χ0v) is 12.1. The Kier molecular flexibility index (Phi) is 4.71. The van der Waals surface area contributed by atoms with Crippen LogP contribution in [0.4, 0.5) is 0 Å². The molecule has 1 fully saturated rings. The van der Waals surface area contributed by atoms with Gasteiger partial charge in [0.15, 0.2) is 0 Å². The van der Waals surface area contributed by atoms with Crippen molar-refractivity contribution in [1.82, 2.24) is 5.32 Å². The first-order valence-electron chi connectivity index (χ1n) is 6.61. The molecule has 18 heavy (non-hydrogen) atoms. The van der Waals surface area contributed by atoms with E-state index in [1.165, 1.54) is 24.0 Å². The van der Waals surface area contributed by atoms with Crippen LogP contribution >= 0.6 is 11.8 Å². The summed E-state index contributed by atoms with van der Waals surface area (Å²) in [5.74, 6) is 1.58. The first kappa shape index (κ1) is 13.9. The molecule has 1 saturated carbocycles. The molecule has 0 aromatic heterocycles. The van der Waals surface area contributed by atoms with Gasteiger partial charge in [-0.15, -0.1) is 0 Å². The molecule has 2 nitrogen and oxygen atoms in total. The largest absolute Gasteiger partial charge is 0.388 e. The van der Waals surface area contributed by atoms with E-state index in [-0.39, 0.29) is 0 Å². The molecular formula is C15H23NOS. The number of thioether (sulfide) groups is 1. The van der Waals surface area contributed by atoms with E-state index in [2.05, 4.69) is 29.6 Å². The van der Waals surface area contributed by atoms with Crippen LogP contribution in [0.15, 0.2) is 24.3 Å². The smallest absolute Gasteiger partial charge is 0.0833 e. The predicted octanol–water partition coefficient (Wildman–Crippen LogP) is 2.77. The lowest BCUT2D eigenvalue weighted by Crippen LogP contribution is -2.39. The molecule has 0 heterocycles. The highest BCUT2D eigenvalue weighted by molar-refractivity contribution is 7.98. The number of hydrogen-bond donors (Lipinski definition) is 2. The molecule has 0 amide bonds. The average molecular weight is 265 g/mol. The Morgan fingerprint density at radius 2 is 2.22 bits per heavy atom. The van der Waals surface area contributed by atoms with Gasteiger partial charge in [0.1, 0.15) is 0 Å². The van der Waals surface area contributed by atoms with Crippen LogP contribution in [0, 0.1) is 0 Å². The van der Waals surface area contributed by atoms with Gasteiger partial charge in [0.05, 0.1) is 5.60 Å². The molecule has 1 aromatic carbocycles. The van der Waals surface area contributed by atoms with Crippen molar-refractivity contribution in [2.45, 2.75) is 37.8 Å². The van der Waals surface area contributed by atoms with Crippen molar-refractivity contribution in [3.8, 4) is 0 Å². The Labute approximate surface area is 114 Å². The minimum Gasteiger partial charge on any atom is -0.388 e. The Morgan fingerprint density at radius 1 is 1.44 bits per heavy atom. The van der Waals surface area contributed by atoms with Crippen LogP contribution in [0.2, 0.25) is 0 Å². The SMILES string of the molecule is CSCC(C)(O)CNCc1cccc(C2CC2)c1. The number of rotatable bonds is 7. The van der Waals surface area contributed by atoms with Crippen LogP contribution in [-0.2, 0) is 6.54 Å². The monoisotopic (exact) mass is 265 g/mol. The van der Waals surface area contributed by atoms with Gasteiger partial charge in [-0.1, -0.05) is 24.3 Å². The van der Waals surface area contributed by atoms with Crippen molar-refractivity contribution in [1.29, 1.82) is 0 Å². The van der Waals surface area contributed by atoms with E-state index in [1.807, 2.05) is 13.2 Å². The second kappa shape index (κ2) is 6.09. The highest BCUT2D eigenvalue weighted by atomic mass is 32.2. The maximum absolute atomic E-state index is 10.1. The molecule has 0 bridgehead atoms. The molecule has 1 unspecified atom stereocenters. The normalized spacial score (nSPS) is 18.6. The van der Waals surface area contributed by atoms with Crippen molar-refractivity contribution < 1.29 is 5.11 Å². The van der Waals surface area contributed by atoms with Crippen molar-refractivity contribution in [3.05, 3.63) is 35.4 Å². The van der Waals surface area contributed by atoms with E-state index < -0.39 is 5.60 Å². The summed E-state index contributed by atoms with van der Waals surface area (Å²) in [6, 6.07) is 8.83. The number of nitrogens with one attached hydrogen (secondary N) is 1. The molecule has 0 saturated heterocycles. The second-order valence-electron chi connectivity index (χ2n) is 5.55. The molecular weight excluding hydrogens is 242 g/mol. The summed E-state index contributed by atoms with van der Waals surface area (Å²) in [5.41, 5.74) is 2.18. The summed E-state index contributed by atoms with van der Waals surface area (Å²) in [5, 5.41) is 13.4. The lowest BCUT2D eigenvalue weighted by atomic mass is 10.1. The van der Waals surface area contributed by atoms with E-state index in [0.29, 0.717) is 6.54 Å². The molecule has 2 N–H and O–H groups in total. The van der Waals surface area contributed by atoms with Gasteiger partial charge in [-0.3, -0.25) is 0 Å². The van der Waals surface area contributed by atoms with Crippen LogP contribution < -0.4 is 5.32 Å². The molecule has 3 heteroatoms. The summed E-state index contributed by atoms with van der Waals surface area (Å²) < 4.78 is 0. The number of aliphatic hydroxyl groups is 1. The van der Waals surface area contributed by atoms with Crippen LogP contribution in [0.1, 0.15) is 36.8 Å². The molecule has 1 atom stereocenters. The fraction of sp³-hybridized carbons (Fsp3) is 0.600. The molecule has 1 aliphatic carbocycles. The van der Waals surface area contributed by atoms with Gasteiger partial charge < -0.3 is 10.4 Å². The summed E-state index contributed by atoms with van der Waals surface area (Å²) in [6.45, 7) is 3.36. The summed E-state index contributed by atoms with van der Waals surface area (Å²) >= 11 is 1.68. The summed E-state index contributed by atoms with van der Waals surface area (Å²) in [4.78, 5) is 0. The van der Waals surface area contributed by atoms with E-state index in [0.717, 1.165) is 18.2 Å². The zero-order chi connectivity index (χ0) is 13.0. The molecule has 0 radical (unpaired) electrons. The first-order valence-corrected chi connectivity index (χ1v) is 8.01. The highest BCUT2D eigenvalue weighted by Crippen LogP contribution is 2.40. The van der Waals surface area contributed by atoms with Gasteiger partial charge in [-0.2, -0.15) is 11.8 Å². The van der Waals surface area contributed by atoms with Crippen molar-refractivity contribution in [2.75, 3.05) is 18.6 Å². The lowest BCUT2D eigenvalue weighted by Gasteiger charge is -2.22. The van der Waals surface area contributed by atoms with Crippen molar-refractivity contribution in [2.24, 2.45) is 0 Å². The van der Waals surface area contributed by atoms with Gasteiger partial charge in [-0.05, 0) is 43.1 Å². The Hall–Kier alpha value is -0.510. The van der Waals surface area contributed by atoms with Crippen molar-refractivity contribution >= 4 is 11.8 Å². The highest BCUT2D eigenvalue weighted by Gasteiger charge is 2.23. The minimum atomic E-state index is -0.618. The summed E-state index contributed by atoms with van der Waals surface area (Å²) in [6.07, 6.45) is 4.71.